The second-order valence-electron chi connectivity index (χ2n) is 5.59. The van der Waals surface area contributed by atoms with E-state index in [2.05, 4.69) is 20.7 Å². The molecule has 0 amide bonds. The predicted octanol–water partition coefficient (Wildman–Crippen LogP) is 3.44. The van der Waals surface area contributed by atoms with Crippen LogP contribution in [0.5, 0.6) is 0 Å². The summed E-state index contributed by atoms with van der Waals surface area (Å²) < 4.78 is 53.4. The van der Waals surface area contributed by atoms with Crippen LogP contribution in [0.25, 0.3) is 0 Å². The van der Waals surface area contributed by atoms with Crippen molar-refractivity contribution in [2.45, 2.75) is 38.1 Å². The first-order valence-corrected chi connectivity index (χ1v) is 8.72. The van der Waals surface area contributed by atoms with Crippen molar-refractivity contribution in [3.05, 3.63) is 29.8 Å². The van der Waals surface area contributed by atoms with Gasteiger partial charge in [0.15, 0.2) is 0 Å². The average molecular weight is 370 g/mol. The van der Waals surface area contributed by atoms with Crippen LogP contribution in [0, 0.1) is 17.0 Å². The lowest BCUT2D eigenvalue weighted by Crippen LogP contribution is -2.44. The fourth-order valence-electron chi connectivity index (χ4n) is 1.72. The van der Waals surface area contributed by atoms with Gasteiger partial charge >= 0.3 is 0 Å². The van der Waals surface area contributed by atoms with Crippen molar-refractivity contribution in [1.29, 1.82) is 0 Å². The van der Waals surface area contributed by atoms with Gasteiger partial charge in [0.05, 0.1) is 0 Å². The molecule has 3 nitrogen and oxygen atoms in total. The van der Waals surface area contributed by atoms with Crippen molar-refractivity contribution in [3.63, 3.8) is 0 Å². The fourth-order valence-corrected chi connectivity index (χ4v) is 3.72. The average Bonchev–Trinajstić information content (AvgIpc) is 2.26. The molecule has 0 bridgehead atoms. The molecule has 1 aromatic rings. The smallest absolute Gasteiger partial charge is 0.207 e. The van der Waals surface area contributed by atoms with Crippen LogP contribution in [0.4, 0.5) is 8.78 Å². The molecule has 0 aliphatic carbocycles. The minimum atomic E-state index is -4.02. The zero-order valence-corrected chi connectivity index (χ0v) is 14.0. The largest absolute Gasteiger partial charge is 0.243 e. The SMILES string of the molecule is CC(C)(C)C(CCBr)NS(=O)(=O)c1ccc(F)cc1F. The molecule has 0 heterocycles. The molecular weight excluding hydrogens is 352 g/mol. The molecule has 1 aromatic carbocycles. The van der Waals surface area contributed by atoms with E-state index >= 15 is 0 Å². The quantitative estimate of drug-likeness (QED) is 0.808. The summed E-state index contributed by atoms with van der Waals surface area (Å²) in [6, 6.07) is 2.05. The van der Waals surface area contributed by atoms with Crippen LogP contribution in [-0.4, -0.2) is 19.8 Å². The van der Waals surface area contributed by atoms with Gasteiger partial charge in [-0.25, -0.2) is 21.9 Å². The zero-order chi connectivity index (χ0) is 15.6. The first-order valence-electron chi connectivity index (χ1n) is 6.11. The van der Waals surface area contributed by atoms with Gasteiger partial charge in [0.2, 0.25) is 10.0 Å². The Labute approximate surface area is 126 Å². The summed E-state index contributed by atoms with van der Waals surface area (Å²) in [7, 11) is -4.02. The maximum atomic E-state index is 13.6. The molecule has 0 radical (unpaired) electrons. The van der Waals surface area contributed by atoms with E-state index in [4.69, 9.17) is 0 Å². The van der Waals surface area contributed by atoms with Gasteiger partial charge in [-0.05, 0) is 24.0 Å². The van der Waals surface area contributed by atoms with E-state index in [1.54, 1.807) is 0 Å². The van der Waals surface area contributed by atoms with Crippen LogP contribution in [0.3, 0.4) is 0 Å². The van der Waals surface area contributed by atoms with Crippen molar-refractivity contribution >= 4 is 26.0 Å². The summed E-state index contributed by atoms with van der Waals surface area (Å²) >= 11 is 3.27. The number of sulfonamides is 1. The van der Waals surface area contributed by atoms with Gasteiger partial charge in [0.25, 0.3) is 0 Å². The molecule has 0 fully saturated rings. The molecule has 1 unspecified atom stereocenters. The molecular formula is C13H18BrF2NO2S. The third-order valence-corrected chi connectivity index (χ3v) is 4.89. The number of nitrogens with one attached hydrogen (secondary N) is 1. The van der Waals surface area contributed by atoms with Gasteiger partial charge in [0, 0.05) is 17.4 Å². The van der Waals surface area contributed by atoms with E-state index < -0.39 is 26.6 Å². The Morgan fingerprint density at radius 1 is 1.30 bits per heavy atom. The van der Waals surface area contributed by atoms with Crippen LogP contribution >= 0.6 is 15.9 Å². The van der Waals surface area contributed by atoms with Crippen LogP contribution in [0.2, 0.25) is 0 Å². The molecule has 0 saturated heterocycles. The van der Waals surface area contributed by atoms with Gasteiger partial charge in [-0.15, -0.1) is 0 Å². The number of benzene rings is 1. The lowest BCUT2D eigenvalue weighted by Gasteiger charge is -2.30. The molecule has 1 N–H and O–H groups in total. The van der Waals surface area contributed by atoms with Crippen molar-refractivity contribution in [2.24, 2.45) is 5.41 Å². The van der Waals surface area contributed by atoms with E-state index in [1.807, 2.05) is 20.8 Å². The summed E-state index contributed by atoms with van der Waals surface area (Å²) in [6.45, 7) is 5.68. The summed E-state index contributed by atoms with van der Waals surface area (Å²) in [5, 5.41) is 0.614. The van der Waals surface area contributed by atoms with E-state index in [0.717, 1.165) is 12.1 Å². The zero-order valence-electron chi connectivity index (χ0n) is 11.6. The number of hydrogen-bond donors (Lipinski definition) is 1. The van der Waals surface area contributed by atoms with Crippen molar-refractivity contribution in [3.8, 4) is 0 Å². The second kappa shape index (κ2) is 6.49. The molecule has 1 atom stereocenters. The van der Waals surface area contributed by atoms with Crippen molar-refractivity contribution in [1.82, 2.24) is 4.72 Å². The molecule has 0 saturated carbocycles. The van der Waals surface area contributed by atoms with Crippen LogP contribution in [0.15, 0.2) is 23.1 Å². The number of halogens is 3. The van der Waals surface area contributed by atoms with Gasteiger partial charge in [-0.2, -0.15) is 0 Å². The van der Waals surface area contributed by atoms with Gasteiger partial charge < -0.3 is 0 Å². The number of hydrogen-bond acceptors (Lipinski definition) is 2. The Bertz CT molecular complexity index is 570. The Kier molecular flexibility index (Phi) is 5.69. The lowest BCUT2D eigenvalue weighted by molar-refractivity contribution is 0.293. The van der Waals surface area contributed by atoms with E-state index in [9.17, 15) is 17.2 Å². The third-order valence-electron chi connectivity index (χ3n) is 2.92. The molecule has 0 aliphatic heterocycles. The Hall–Kier alpha value is -0.530. The molecule has 7 heteroatoms. The normalized spacial score (nSPS) is 14.3. The fraction of sp³-hybridized carbons (Fsp3) is 0.538. The maximum absolute atomic E-state index is 13.6. The standard InChI is InChI=1S/C13H18BrF2NO2S/c1-13(2,3)12(6-7-14)17-20(18,19)11-5-4-9(15)8-10(11)16/h4-5,8,12,17H,6-7H2,1-3H3. The molecule has 1 rings (SSSR count). The number of alkyl halides is 1. The molecule has 0 aliphatic rings. The predicted molar refractivity (Wildman–Crippen MR) is 78.3 cm³/mol. The Balaban J connectivity index is 3.10. The Morgan fingerprint density at radius 2 is 1.90 bits per heavy atom. The van der Waals surface area contributed by atoms with E-state index in [1.165, 1.54) is 0 Å². The van der Waals surface area contributed by atoms with Gasteiger partial charge in [-0.3, -0.25) is 0 Å². The highest BCUT2D eigenvalue weighted by atomic mass is 79.9. The topological polar surface area (TPSA) is 46.2 Å². The molecule has 0 spiro atoms. The highest BCUT2D eigenvalue weighted by Crippen LogP contribution is 2.25. The minimum Gasteiger partial charge on any atom is -0.207 e. The first kappa shape index (κ1) is 17.5. The molecule has 20 heavy (non-hydrogen) atoms. The summed E-state index contributed by atoms with van der Waals surface area (Å²) in [5.74, 6) is -1.90. The highest BCUT2D eigenvalue weighted by molar-refractivity contribution is 9.09. The summed E-state index contributed by atoms with van der Waals surface area (Å²) in [5.41, 5.74) is -0.322. The minimum absolute atomic E-state index is 0.322. The number of rotatable bonds is 5. The van der Waals surface area contributed by atoms with Crippen LogP contribution in [-0.2, 0) is 10.0 Å². The molecule has 0 aromatic heterocycles. The first-order chi connectivity index (χ1) is 9.08. The van der Waals surface area contributed by atoms with Gasteiger partial charge in [0.1, 0.15) is 16.5 Å². The van der Waals surface area contributed by atoms with Gasteiger partial charge in [-0.1, -0.05) is 36.7 Å². The summed E-state index contributed by atoms with van der Waals surface area (Å²) in [6.07, 6.45) is 0.561. The van der Waals surface area contributed by atoms with Crippen molar-refractivity contribution < 1.29 is 17.2 Å². The lowest BCUT2D eigenvalue weighted by atomic mass is 9.86. The van der Waals surface area contributed by atoms with Crippen molar-refractivity contribution in [2.75, 3.05) is 5.33 Å². The molecule has 114 valence electrons. The monoisotopic (exact) mass is 369 g/mol. The van der Waals surface area contributed by atoms with Crippen LogP contribution in [0.1, 0.15) is 27.2 Å². The Morgan fingerprint density at radius 3 is 2.35 bits per heavy atom. The van der Waals surface area contributed by atoms with E-state index in [-0.39, 0.29) is 11.5 Å². The summed E-state index contributed by atoms with van der Waals surface area (Å²) in [4.78, 5) is -0.539. The van der Waals surface area contributed by atoms with E-state index in [0.29, 0.717) is 17.8 Å². The van der Waals surface area contributed by atoms with Crippen LogP contribution < -0.4 is 4.72 Å². The maximum Gasteiger partial charge on any atom is 0.243 e. The second-order valence-corrected chi connectivity index (χ2v) is 8.07. The third kappa shape index (κ3) is 4.49. The highest BCUT2D eigenvalue weighted by Gasteiger charge is 2.30.